The highest BCUT2D eigenvalue weighted by Crippen LogP contribution is 2.27. The van der Waals surface area contributed by atoms with Crippen LogP contribution in [-0.4, -0.2) is 35.1 Å². The lowest BCUT2D eigenvalue weighted by Crippen LogP contribution is -2.51. The third kappa shape index (κ3) is 6.50. The lowest BCUT2D eigenvalue weighted by molar-refractivity contribution is -0.129. The molecule has 2 amide bonds. The Morgan fingerprint density at radius 2 is 1.84 bits per heavy atom. The predicted molar refractivity (Wildman–Crippen MR) is 98.0 cm³/mol. The number of carbonyl (C=O) groups excluding carboxylic acids is 2. The van der Waals surface area contributed by atoms with Gasteiger partial charge < -0.3 is 15.7 Å². The van der Waals surface area contributed by atoms with E-state index in [0.717, 1.165) is 44.1 Å². The zero-order valence-electron chi connectivity index (χ0n) is 15.1. The third-order valence-corrected chi connectivity index (χ3v) is 4.81. The summed E-state index contributed by atoms with van der Waals surface area (Å²) < 4.78 is 0. The van der Waals surface area contributed by atoms with Crippen molar-refractivity contribution in [2.75, 3.05) is 6.54 Å². The summed E-state index contributed by atoms with van der Waals surface area (Å²) in [6.45, 7) is 2.25. The molecule has 5 nitrogen and oxygen atoms in total. The minimum absolute atomic E-state index is 0.156. The first kappa shape index (κ1) is 19.4. The maximum Gasteiger partial charge on any atom is 0.242 e. The van der Waals surface area contributed by atoms with Gasteiger partial charge in [-0.3, -0.25) is 9.59 Å². The highest BCUT2D eigenvalue weighted by Gasteiger charge is 2.30. The van der Waals surface area contributed by atoms with Crippen LogP contribution in [0.1, 0.15) is 57.4 Å². The van der Waals surface area contributed by atoms with Crippen LogP contribution >= 0.6 is 0 Å². The molecule has 1 unspecified atom stereocenters. The van der Waals surface area contributed by atoms with Crippen molar-refractivity contribution in [3.8, 4) is 0 Å². The molecule has 3 N–H and O–H groups in total. The second-order valence-corrected chi connectivity index (χ2v) is 7.07. The molecule has 1 saturated carbocycles. The van der Waals surface area contributed by atoms with Gasteiger partial charge in [-0.2, -0.15) is 0 Å². The van der Waals surface area contributed by atoms with E-state index in [2.05, 4.69) is 10.6 Å². The van der Waals surface area contributed by atoms with Crippen molar-refractivity contribution in [3.05, 3.63) is 35.9 Å². The van der Waals surface area contributed by atoms with E-state index in [9.17, 15) is 14.7 Å². The Morgan fingerprint density at radius 3 is 2.48 bits per heavy atom. The molecule has 1 aliphatic carbocycles. The Morgan fingerprint density at radius 1 is 1.16 bits per heavy atom. The summed E-state index contributed by atoms with van der Waals surface area (Å²) in [6, 6.07) is 8.94. The van der Waals surface area contributed by atoms with Crippen molar-refractivity contribution in [3.63, 3.8) is 0 Å². The van der Waals surface area contributed by atoms with E-state index in [4.69, 9.17) is 0 Å². The molecular weight excluding hydrogens is 316 g/mol. The second kappa shape index (κ2) is 9.56. The molecule has 0 radical (unpaired) electrons. The van der Waals surface area contributed by atoms with Crippen LogP contribution in [0.5, 0.6) is 0 Å². The number of carbonyl (C=O) groups is 2. The summed E-state index contributed by atoms with van der Waals surface area (Å²) in [6.07, 6.45) is 6.25. The first-order valence-electron chi connectivity index (χ1n) is 9.36. The number of benzene rings is 1. The van der Waals surface area contributed by atoms with Gasteiger partial charge in [-0.1, -0.05) is 62.9 Å². The molecule has 0 spiro atoms. The second-order valence-electron chi connectivity index (χ2n) is 7.07. The highest BCUT2D eigenvalue weighted by atomic mass is 16.3. The van der Waals surface area contributed by atoms with Crippen LogP contribution in [0.2, 0.25) is 0 Å². The van der Waals surface area contributed by atoms with Gasteiger partial charge in [-0.05, 0) is 24.8 Å². The zero-order valence-corrected chi connectivity index (χ0v) is 15.1. The van der Waals surface area contributed by atoms with Gasteiger partial charge in [0.05, 0.1) is 12.0 Å². The lowest BCUT2D eigenvalue weighted by Gasteiger charge is -2.32. The first-order valence-corrected chi connectivity index (χ1v) is 9.36. The van der Waals surface area contributed by atoms with Crippen LogP contribution in [0.3, 0.4) is 0 Å². The van der Waals surface area contributed by atoms with Gasteiger partial charge >= 0.3 is 0 Å². The third-order valence-electron chi connectivity index (χ3n) is 4.81. The van der Waals surface area contributed by atoms with Crippen molar-refractivity contribution < 1.29 is 14.7 Å². The van der Waals surface area contributed by atoms with E-state index in [1.54, 1.807) is 0 Å². The zero-order chi connectivity index (χ0) is 18.1. The van der Waals surface area contributed by atoms with Crippen molar-refractivity contribution in [1.29, 1.82) is 0 Å². The topological polar surface area (TPSA) is 78.4 Å². The van der Waals surface area contributed by atoms with Crippen LogP contribution in [0.4, 0.5) is 0 Å². The Kier molecular flexibility index (Phi) is 7.44. The van der Waals surface area contributed by atoms with E-state index in [1.165, 1.54) is 0 Å². The Balaban J connectivity index is 1.85. The number of hydrogen-bond donors (Lipinski definition) is 3. The van der Waals surface area contributed by atoms with Gasteiger partial charge in [0.25, 0.3) is 0 Å². The fourth-order valence-electron chi connectivity index (χ4n) is 3.35. The number of nitrogens with one attached hydrogen (secondary N) is 2. The number of hydrogen-bond acceptors (Lipinski definition) is 3. The summed E-state index contributed by atoms with van der Waals surface area (Å²) in [5, 5.41) is 16.2. The molecule has 5 heteroatoms. The SMILES string of the molecule is CCCC(NC(=O)Cc1ccccc1)C(=O)NCC1(O)CCCCC1. The highest BCUT2D eigenvalue weighted by molar-refractivity contribution is 5.88. The molecule has 0 bridgehead atoms. The van der Waals surface area contributed by atoms with Gasteiger partial charge in [0.2, 0.25) is 11.8 Å². The largest absolute Gasteiger partial charge is 0.388 e. The van der Waals surface area contributed by atoms with Gasteiger partial charge in [-0.15, -0.1) is 0 Å². The molecule has 0 saturated heterocycles. The minimum atomic E-state index is -0.793. The summed E-state index contributed by atoms with van der Waals surface area (Å²) in [5.74, 6) is -0.363. The Bertz CT molecular complexity index is 553. The Hall–Kier alpha value is -1.88. The van der Waals surface area contributed by atoms with Crippen LogP contribution in [0.25, 0.3) is 0 Å². The summed E-state index contributed by atoms with van der Waals surface area (Å²) >= 11 is 0. The van der Waals surface area contributed by atoms with Crippen molar-refractivity contribution in [1.82, 2.24) is 10.6 Å². The fourth-order valence-corrected chi connectivity index (χ4v) is 3.35. The standard InChI is InChI=1S/C20H30N2O3/c1-2-9-17(22-18(23)14-16-10-5-3-6-11-16)19(24)21-15-20(25)12-7-4-8-13-20/h3,5-6,10-11,17,25H,2,4,7-9,12-15H2,1H3,(H,21,24)(H,22,23). The first-order chi connectivity index (χ1) is 12.0. The monoisotopic (exact) mass is 346 g/mol. The van der Waals surface area contributed by atoms with Crippen LogP contribution in [0, 0.1) is 0 Å². The van der Waals surface area contributed by atoms with E-state index in [0.29, 0.717) is 6.42 Å². The minimum Gasteiger partial charge on any atom is -0.388 e. The molecule has 2 rings (SSSR count). The molecule has 0 aliphatic heterocycles. The van der Waals surface area contributed by atoms with Gasteiger partial charge in [0, 0.05) is 6.54 Å². The van der Waals surface area contributed by atoms with Crippen LogP contribution in [-0.2, 0) is 16.0 Å². The van der Waals surface area contributed by atoms with Crippen LogP contribution in [0.15, 0.2) is 30.3 Å². The molecule has 1 atom stereocenters. The fraction of sp³-hybridized carbons (Fsp3) is 0.600. The smallest absolute Gasteiger partial charge is 0.242 e. The van der Waals surface area contributed by atoms with E-state index >= 15 is 0 Å². The quantitative estimate of drug-likeness (QED) is 0.676. The molecule has 1 aromatic rings. The van der Waals surface area contributed by atoms with Gasteiger partial charge in [0.15, 0.2) is 0 Å². The Labute approximate surface area is 150 Å². The number of aliphatic hydroxyl groups is 1. The predicted octanol–water partition coefficient (Wildman–Crippen LogP) is 2.33. The average molecular weight is 346 g/mol. The molecule has 0 aromatic heterocycles. The molecule has 1 aliphatic rings. The molecule has 138 valence electrons. The molecule has 1 aromatic carbocycles. The summed E-state index contributed by atoms with van der Waals surface area (Å²) in [5.41, 5.74) is 0.130. The van der Waals surface area contributed by atoms with Gasteiger partial charge in [0.1, 0.15) is 6.04 Å². The van der Waals surface area contributed by atoms with E-state index < -0.39 is 11.6 Å². The van der Waals surface area contributed by atoms with E-state index in [1.807, 2.05) is 37.3 Å². The molecular formula is C20H30N2O3. The van der Waals surface area contributed by atoms with Gasteiger partial charge in [-0.25, -0.2) is 0 Å². The number of rotatable bonds is 8. The van der Waals surface area contributed by atoms with Crippen molar-refractivity contribution in [2.24, 2.45) is 0 Å². The van der Waals surface area contributed by atoms with Crippen molar-refractivity contribution >= 4 is 11.8 Å². The normalized spacial score (nSPS) is 17.5. The van der Waals surface area contributed by atoms with Crippen LogP contribution < -0.4 is 10.6 Å². The summed E-state index contributed by atoms with van der Waals surface area (Å²) in [7, 11) is 0. The average Bonchev–Trinajstić information content (AvgIpc) is 2.61. The van der Waals surface area contributed by atoms with Crippen molar-refractivity contribution in [2.45, 2.75) is 69.9 Å². The maximum atomic E-state index is 12.5. The summed E-state index contributed by atoms with van der Waals surface area (Å²) in [4.78, 5) is 24.7. The molecule has 0 heterocycles. The van der Waals surface area contributed by atoms with E-state index in [-0.39, 0.29) is 24.8 Å². The molecule has 1 fully saturated rings. The maximum absolute atomic E-state index is 12.5. The molecule has 25 heavy (non-hydrogen) atoms. The lowest BCUT2D eigenvalue weighted by atomic mass is 9.85. The number of amides is 2.